The summed E-state index contributed by atoms with van der Waals surface area (Å²) in [7, 11) is -0.792. The maximum atomic E-state index is 12.5. The normalized spacial score (nSPS) is 11.0. The van der Waals surface area contributed by atoms with Gasteiger partial charge in [-0.25, -0.2) is 13.2 Å². The number of aryl methyl sites for hydroxylation is 1. The van der Waals surface area contributed by atoms with Crippen LogP contribution in [0.15, 0.2) is 47.4 Å². The number of nitrogens with zero attached hydrogens (tertiary/aromatic N) is 1. The minimum absolute atomic E-state index is 0.129. The molecule has 2 aromatic rings. The Bertz CT molecular complexity index is 936. The second-order valence-corrected chi connectivity index (χ2v) is 7.35. The lowest BCUT2D eigenvalue weighted by Crippen LogP contribution is -2.22. The third-order valence-corrected chi connectivity index (χ3v) is 4.89. The first kappa shape index (κ1) is 18.5. The zero-order valence-corrected chi connectivity index (χ0v) is 14.8. The van der Waals surface area contributed by atoms with Gasteiger partial charge in [-0.1, -0.05) is 12.1 Å². The zero-order valence-electron chi connectivity index (χ0n) is 14.0. The van der Waals surface area contributed by atoms with Crippen molar-refractivity contribution in [2.75, 3.05) is 18.8 Å². The first-order chi connectivity index (χ1) is 11.6. The van der Waals surface area contributed by atoms with Gasteiger partial charge in [0.1, 0.15) is 0 Å². The highest BCUT2D eigenvalue weighted by Crippen LogP contribution is 2.22. The van der Waals surface area contributed by atoms with E-state index < -0.39 is 16.0 Å². The number of hydrogen-bond acceptors (Lipinski definition) is 4. The maximum Gasteiger partial charge on any atom is 0.335 e. The average molecular weight is 362 g/mol. The molecule has 0 unspecified atom stereocenters. The van der Waals surface area contributed by atoms with Crippen LogP contribution < -0.4 is 4.72 Å². The number of carbonyl (C=O) groups is 2. The van der Waals surface area contributed by atoms with Crippen LogP contribution in [0.4, 0.5) is 5.69 Å². The summed E-state index contributed by atoms with van der Waals surface area (Å²) >= 11 is 0. The molecule has 8 heteroatoms. The number of carboxylic acid groups (broad SMARTS) is 1. The predicted molar refractivity (Wildman–Crippen MR) is 93.4 cm³/mol. The van der Waals surface area contributed by atoms with E-state index in [1.54, 1.807) is 33.2 Å². The van der Waals surface area contributed by atoms with Crippen LogP contribution in [0.3, 0.4) is 0 Å². The van der Waals surface area contributed by atoms with Crippen molar-refractivity contribution in [3.05, 3.63) is 59.2 Å². The molecule has 0 spiro atoms. The van der Waals surface area contributed by atoms with E-state index >= 15 is 0 Å². The summed E-state index contributed by atoms with van der Waals surface area (Å²) in [6.07, 6.45) is 0. The molecule has 0 aliphatic heterocycles. The van der Waals surface area contributed by atoms with Crippen molar-refractivity contribution < 1.29 is 23.1 Å². The molecule has 0 radical (unpaired) electrons. The van der Waals surface area contributed by atoms with E-state index in [-0.39, 0.29) is 22.1 Å². The zero-order chi connectivity index (χ0) is 18.8. The molecule has 2 rings (SSSR count). The number of carboxylic acids is 1. The van der Waals surface area contributed by atoms with Gasteiger partial charge in [0.15, 0.2) is 0 Å². The fraction of sp³-hybridized carbons (Fsp3) is 0.176. The summed E-state index contributed by atoms with van der Waals surface area (Å²) in [4.78, 5) is 24.3. The minimum Gasteiger partial charge on any atom is -0.478 e. The summed E-state index contributed by atoms with van der Waals surface area (Å²) in [6.45, 7) is 1.70. The minimum atomic E-state index is -3.99. The molecule has 132 valence electrons. The molecule has 0 aliphatic carbocycles. The largest absolute Gasteiger partial charge is 0.478 e. The van der Waals surface area contributed by atoms with Crippen LogP contribution in [0.1, 0.15) is 26.3 Å². The molecule has 25 heavy (non-hydrogen) atoms. The molecular weight excluding hydrogens is 344 g/mol. The molecular formula is C17H18N2O5S. The monoisotopic (exact) mass is 362 g/mol. The van der Waals surface area contributed by atoms with Crippen LogP contribution in [-0.4, -0.2) is 44.4 Å². The number of nitrogens with one attached hydrogen (secondary N) is 1. The molecule has 2 aromatic carbocycles. The van der Waals surface area contributed by atoms with Crippen LogP contribution in [0.5, 0.6) is 0 Å². The van der Waals surface area contributed by atoms with E-state index in [9.17, 15) is 18.0 Å². The van der Waals surface area contributed by atoms with Gasteiger partial charge in [0.25, 0.3) is 15.9 Å². The first-order valence-corrected chi connectivity index (χ1v) is 8.78. The van der Waals surface area contributed by atoms with Gasteiger partial charge in [0.05, 0.1) is 16.1 Å². The fourth-order valence-electron chi connectivity index (χ4n) is 2.12. The number of anilines is 1. The SMILES string of the molecule is Cc1ccc(C(=O)N(C)C)cc1NS(=O)(=O)c1cccc(C(=O)O)c1. The van der Waals surface area contributed by atoms with E-state index in [1.165, 1.54) is 29.2 Å². The van der Waals surface area contributed by atoms with Crippen LogP contribution in [0.25, 0.3) is 0 Å². The summed E-state index contributed by atoms with van der Waals surface area (Å²) in [5.41, 5.74) is 1.10. The highest BCUT2D eigenvalue weighted by molar-refractivity contribution is 7.92. The maximum absolute atomic E-state index is 12.5. The van der Waals surface area contributed by atoms with Crippen molar-refractivity contribution >= 4 is 27.6 Å². The van der Waals surface area contributed by atoms with Gasteiger partial charge < -0.3 is 10.0 Å². The molecule has 0 atom stereocenters. The topological polar surface area (TPSA) is 104 Å². The van der Waals surface area contributed by atoms with Crippen LogP contribution in [-0.2, 0) is 10.0 Å². The lowest BCUT2D eigenvalue weighted by molar-refractivity contribution is 0.0696. The van der Waals surface area contributed by atoms with Gasteiger partial charge in [-0.15, -0.1) is 0 Å². The van der Waals surface area contributed by atoms with Gasteiger partial charge in [0, 0.05) is 19.7 Å². The first-order valence-electron chi connectivity index (χ1n) is 7.30. The van der Waals surface area contributed by atoms with E-state index in [0.29, 0.717) is 11.1 Å². The molecule has 0 saturated heterocycles. The average Bonchev–Trinajstić information content (AvgIpc) is 2.56. The van der Waals surface area contributed by atoms with Crippen molar-refractivity contribution in [3.63, 3.8) is 0 Å². The van der Waals surface area contributed by atoms with Gasteiger partial charge in [-0.05, 0) is 42.8 Å². The second kappa shape index (κ2) is 6.94. The molecule has 7 nitrogen and oxygen atoms in total. The summed E-state index contributed by atoms with van der Waals surface area (Å²) in [5, 5.41) is 9.00. The van der Waals surface area contributed by atoms with Crippen molar-refractivity contribution in [1.29, 1.82) is 0 Å². The van der Waals surface area contributed by atoms with Crippen LogP contribution >= 0.6 is 0 Å². The van der Waals surface area contributed by atoms with Crippen molar-refractivity contribution in [3.8, 4) is 0 Å². The number of sulfonamides is 1. The molecule has 0 aliphatic rings. The van der Waals surface area contributed by atoms with Gasteiger partial charge in [-0.3, -0.25) is 9.52 Å². The summed E-state index contributed by atoms with van der Waals surface area (Å²) < 4.78 is 27.5. The van der Waals surface area contributed by atoms with Crippen molar-refractivity contribution in [2.45, 2.75) is 11.8 Å². The lowest BCUT2D eigenvalue weighted by atomic mass is 10.1. The Labute approximate surface area is 146 Å². The van der Waals surface area contributed by atoms with Crippen molar-refractivity contribution in [2.24, 2.45) is 0 Å². The highest BCUT2D eigenvalue weighted by atomic mass is 32.2. The van der Waals surface area contributed by atoms with Gasteiger partial charge in [-0.2, -0.15) is 0 Å². The van der Waals surface area contributed by atoms with E-state index in [4.69, 9.17) is 5.11 Å². The molecule has 0 bridgehead atoms. The Balaban J connectivity index is 2.41. The second-order valence-electron chi connectivity index (χ2n) is 5.67. The molecule has 0 fully saturated rings. The molecule has 0 heterocycles. The van der Waals surface area contributed by atoms with E-state index in [0.717, 1.165) is 6.07 Å². The predicted octanol–water partition coefficient (Wildman–Crippen LogP) is 2.20. The number of carbonyl (C=O) groups excluding carboxylic acids is 1. The number of rotatable bonds is 5. The molecule has 0 saturated carbocycles. The van der Waals surface area contributed by atoms with E-state index in [2.05, 4.69) is 4.72 Å². The Kier molecular flexibility index (Phi) is 5.13. The third-order valence-electron chi connectivity index (χ3n) is 3.53. The standard InChI is InChI=1S/C17H18N2O5S/c1-11-7-8-12(16(20)19(2)3)10-15(11)18-25(23,24)14-6-4-5-13(9-14)17(21)22/h4-10,18H,1-3H3,(H,21,22). The molecule has 1 amide bonds. The molecule has 0 aromatic heterocycles. The highest BCUT2D eigenvalue weighted by Gasteiger charge is 2.18. The van der Waals surface area contributed by atoms with Gasteiger partial charge >= 0.3 is 5.97 Å². The van der Waals surface area contributed by atoms with Crippen LogP contribution in [0, 0.1) is 6.92 Å². The van der Waals surface area contributed by atoms with Crippen LogP contribution in [0.2, 0.25) is 0 Å². The van der Waals surface area contributed by atoms with Crippen molar-refractivity contribution in [1.82, 2.24) is 4.90 Å². The summed E-state index contributed by atoms with van der Waals surface area (Å²) in [5.74, 6) is -1.47. The Morgan fingerprint density at radius 3 is 2.32 bits per heavy atom. The fourth-order valence-corrected chi connectivity index (χ4v) is 3.29. The Morgan fingerprint density at radius 1 is 1.04 bits per heavy atom. The summed E-state index contributed by atoms with van der Waals surface area (Å²) in [6, 6.07) is 9.76. The quantitative estimate of drug-likeness (QED) is 0.848. The Morgan fingerprint density at radius 2 is 1.72 bits per heavy atom. The number of amides is 1. The smallest absolute Gasteiger partial charge is 0.335 e. The van der Waals surface area contributed by atoms with Gasteiger partial charge in [0.2, 0.25) is 0 Å². The third kappa shape index (κ3) is 4.16. The molecule has 2 N–H and O–H groups in total. The van der Waals surface area contributed by atoms with E-state index in [1.807, 2.05) is 0 Å². The Hall–Kier alpha value is -2.87. The number of hydrogen-bond donors (Lipinski definition) is 2. The lowest BCUT2D eigenvalue weighted by Gasteiger charge is -2.14. The number of aromatic carboxylic acids is 1. The number of benzene rings is 2.